The van der Waals surface area contributed by atoms with Crippen molar-refractivity contribution in [2.75, 3.05) is 4.90 Å². The molecule has 0 bridgehead atoms. The Bertz CT molecular complexity index is 1190. The number of rotatable bonds is 5. The Morgan fingerprint density at radius 2 is 1.65 bits per heavy atom. The van der Waals surface area contributed by atoms with Crippen LogP contribution in [0.4, 0.5) is 5.69 Å². The summed E-state index contributed by atoms with van der Waals surface area (Å²) in [4.78, 5) is 28.3. The van der Waals surface area contributed by atoms with Crippen molar-refractivity contribution in [3.05, 3.63) is 98.5 Å². The fraction of sp³-hybridized carbons (Fsp3) is 0.231. The first-order valence-corrected chi connectivity index (χ1v) is 11.0. The number of hydrogen-bond donors (Lipinski definition) is 1. The second kappa shape index (κ2) is 8.06. The number of aryl methyl sites for hydroxylation is 3. The summed E-state index contributed by atoms with van der Waals surface area (Å²) in [6.07, 6.45) is -0.302. The number of fused-ring (bicyclic) bond motifs is 1. The molecular weight excluding hydrogens is 454 g/mol. The first kappa shape index (κ1) is 21.5. The van der Waals surface area contributed by atoms with Crippen LogP contribution < -0.4 is 4.90 Å². The van der Waals surface area contributed by atoms with E-state index in [4.69, 9.17) is 0 Å². The molecule has 1 aliphatic heterocycles. The van der Waals surface area contributed by atoms with E-state index in [1.54, 1.807) is 11.0 Å². The molecule has 31 heavy (non-hydrogen) atoms. The molecule has 3 aromatic carbocycles. The lowest BCUT2D eigenvalue weighted by Gasteiger charge is -2.23. The maximum Gasteiger partial charge on any atom is 0.264 e. The lowest BCUT2D eigenvalue weighted by molar-refractivity contribution is -0.136. The summed E-state index contributed by atoms with van der Waals surface area (Å²) < 4.78 is 0.744. The zero-order valence-electron chi connectivity index (χ0n) is 17.8. The van der Waals surface area contributed by atoms with Crippen molar-refractivity contribution in [3.63, 3.8) is 0 Å². The Hall–Kier alpha value is -2.76. The third-order valence-electron chi connectivity index (χ3n) is 6.03. The minimum Gasteiger partial charge on any atom is -0.375 e. The standard InChI is InChI=1S/C26H24BrNO3/c1-16-11-18(3)21(12-17(16)2)24(29)14-26(31)22-13-20(27)9-10-23(22)28(25(26)30)15-19-7-5-4-6-8-19/h4-13,31H,14-15H2,1-3H3. The summed E-state index contributed by atoms with van der Waals surface area (Å²) in [5, 5.41) is 11.6. The molecular formula is C26H24BrNO3. The first-order chi connectivity index (χ1) is 14.7. The zero-order chi connectivity index (χ0) is 22.3. The maximum atomic E-state index is 13.5. The van der Waals surface area contributed by atoms with Gasteiger partial charge in [0.2, 0.25) is 0 Å². The minimum atomic E-state index is -1.91. The predicted octanol–water partition coefficient (Wildman–Crippen LogP) is 5.38. The molecule has 158 valence electrons. The van der Waals surface area contributed by atoms with E-state index < -0.39 is 11.5 Å². The molecule has 0 aliphatic carbocycles. The van der Waals surface area contributed by atoms with E-state index in [9.17, 15) is 14.7 Å². The fourth-order valence-corrected chi connectivity index (χ4v) is 4.57. The minimum absolute atomic E-state index is 0.246. The number of ketones is 1. The van der Waals surface area contributed by atoms with Gasteiger partial charge in [0.15, 0.2) is 11.4 Å². The van der Waals surface area contributed by atoms with Gasteiger partial charge in [-0.25, -0.2) is 0 Å². The molecule has 1 aliphatic rings. The number of nitrogens with zero attached hydrogens (tertiary/aromatic N) is 1. The van der Waals surface area contributed by atoms with Crippen LogP contribution in [0.2, 0.25) is 0 Å². The quantitative estimate of drug-likeness (QED) is 0.501. The average molecular weight is 478 g/mol. The molecule has 4 nitrogen and oxygen atoms in total. The number of benzene rings is 3. The second-order valence-corrected chi connectivity index (χ2v) is 9.17. The molecule has 5 heteroatoms. The number of aliphatic hydroxyl groups is 1. The predicted molar refractivity (Wildman–Crippen MR) is 125 cm³/mol. The molecule has 1 unspecified atom stereocenters. The summed E-state index contributed by atoms with van der Waals surface area (Å²) in [7, 11) is 0. The van der Waals surface area contributed by atoms with E-state index >= 15 is 0 Å². The lowest BCUT2D eigenvalue weighted by Crippen LogP contribution is -2.41. The summed E-state index contributed by atoms with van der Waals surface area (Å²) in [5.41, 5.74) is 3.63. The van der Waals surface area contributed by atoms with Gasteiger partial charge in [0.25, 0.3) is 5.91 Å². The SMILES string of the molecule is Cc1cc(C)c(C(=O)CC2(O)C(=O)N(Cc3ccccc3)c3ccc(Br)cc32)cc1C. The second-order valence-electron chi connectivity index (χ2n) is 8.25. The Kier molecular flexibility index (Phi) is 5.58. The number of hydrogen-bond acceptors (Lipinski definition) is 3. The van der Waals surface area contributed by atoms with Crippen molar-refractivity contribution in [1.29, 1.82) is 0 Å². The monoisotopic (exact) mass is 477 g/mol. The van der Waals surface area contributed by atoms with Crippen LogP contribution in [0.5, 0.6) is 0 Å². The van der Waals surface area contributed by atoms with Crippen molar-refractivity contribution in [1.82, 2.24) is 0 Å². The Morgan fingerprint density at radius 3 is 2.35 bits per heavy atom. The van der Waals surface area contributed by atoms with Crippen molar-refractivity contribution in [2.24, 2.45) is 0 Å². The van der Waals surface area contributed by atoms with E-state index in [0.717, 1.165) is 26.7 Å². The first-order valence-electron chi connectivity index (χ1n) is 10.2. The number of halogens is 1. The highest BCUT2D eigenvalue weighted by Crippen LogP contribution is 2.45. The van der Waals surface area contributed by atoms with Crippen LogP contribution in [0.3, 0.4) is 0 Å². The van der Waals surface area contributed by atoms with Crippen molar-refractivity contribution >= 4 is 33.3 Å². The number of amides is 1. The van der Waals surface area contributed by atoms with Crippen molar-refractivity contribution < 1.29 is 14.7 Å². The van der Waals surface area contributed by atoms with E-state index in [0.29, 0.717) is 23.4 Å². The number of anilines is 1. The lowest BCUT2D eigenvalue weighted by atomic mass is 9.86. The fourth-order valence-electron chi connectivity index (χ4n) is 4.21. The van der Waals surface area contributed by atoms with Crippen LogP contribution in [0, 0.1) is 20.8 Å². The molecule has 4 rings (SSSR count). The highest BCUT2D eigenvalue weighted by Gasteiger charge is 2.51. The molecule has 1 atom stereocenters. The molecule has 0 saturated heterocycles. The van der Waals surface area contributed by atoms with Crippen LogP contribution in [-0.2, 0) is 16.9 Å². The maximum absolute atomic E-state index is 13.5. The molecule has 1 N–H and O–H groups in total. The Labute approximate surface area is 190 Å². The zero-order valence-corrected chi connectivity index (χ0v) is 19.4. The molecule has 0 aromatic heterocycles. The summed E-state index contributed by atoms with van der Waals surface area (Å²) in [5.74, 6) is -0.719. The topological polar surface area (TPSA) is 57.6 Å². The number of carbonyl (C=O) groups excluding carboxylic acids is 2. The van der Waals surface area contributed by atoms with Crippen molar-refractivity contribution in [3.8, 4) is 0 Å². The van der Waals surface area contributed by atoms with Gasteiger partial charge in [-0.2, -0.15) is 0 Å². The third-order valence-corrected chi connectivity index (χ3v) is 6.53. The van der Waals surface area contributed by atoms with Crippen LogP contribution in [0.25, 0.3) is 0 Å². The summed E-state index contributed by atoms with van der Waals surface area (Å²) in [6, 6.07) is 18.8. The Morgan fingerprint density at radius 1 is 0.968 bits per heavy atom. The van der Waals surface area contributed by atoms with Gasteiger partial charge in [0.05, 0.1) is 18.7 Å². The van der Waals surface area contributed by atoms with Crippen LogP contribution in [0.15, 0.2) is 65.1 Å². The molecule has 0 fully saturated rings. The van der Waals surface area contributed by atoms with Gasteiger partial charge >= 0.3 is 0 Å². The molecule has 0 spiro atoms. The molecule has 3 aromatic rings. The van der Waals surface area contributed by atoms with E-state index in [1.165, 1.54) is 0 Å². The molecule has 0 radical (unpaired) electrons. The number of carbonyl (C=O) groups is 2. The Balaban J connectivity index is 1.73. The van der Waals surface area contributed by atoms with Gasteiger partial charge in [-0.05, 0) is 67.3 Å². The third kappa shape index (κ3) is 3.84. The van der Waals surface area contributed by atoms with Crippen LogP contribution in [0.1, 0.15) is 44.6 Å². The van der Waals surface area contributed by atoms with E-state index in [2.05, 4.69) is 15.9 Å². The average Bonchev–Trinajstić information content (AvgIpc) is 2.93. The summed E-state index contributed by atoms with van der Waals surface area (Å²) in [6.45, 7) is 6.16. The van der Waals surface area contributed by atoms with Gasteiger partial charge in [0, 0.05) is 15.6 Å². The highest BCUT2D eigenvalue weighted by molar-refractivity contribution is 9.10. The van der Waals surface area contributed by atoms with Gasteiger partial charge in [-0.3, -0.25) is 9.59 Å². The van der Waals surface area contributed by atoms with Gasteiger partial charge in [-0.15, -0.1) is 0 Å². The molecule has 0 saturated carbocycles. The van der Waals surface area contributed by atoms with E-state index in [1.807, 2.05) is 75.4 Å². The normalized spacial score (nSPS) is 17.7. The summed E-state index contributed by atoms with van der Waals surface area (Å²) >= 11 is 3.44. The van der Waals surface area contributed by atoms with Gasteiger partial charge in [-0.1, -0.05) is 52.3 Å². The highest BCUT2D eigenvalue weighted by atomic mass is 79.9. The van der Waals surface area contributed by atoms with Gasteiger partial charge < -0.3 is 10.0 Å². The van der Waals surface area contributed by atoms with Crippen molar-refractivity contribution in [2.45, 2.75) is 39.3 Å². The largest absolute Gasteiger partial charge is 0.375 e. The molecule has 1 amide bonds. The van der Waals surface area contributed by atoms with Gasteiger partial charge in [0.1, 0.15) is 0 Å². The molecule has 1 heterocycles. The number of Topliss-reactive ketones (excluding diaryl/α,β-unsaturated/α-hetero) is 1. The van der Waals surface area contributed by atoms with Crippen LogP contribution in [-0.4, -0.2) is 16.8 Å². The van der Waals surface area contributed by atoms with E-state index in [-0.39, 0.29) is 12.2 Å². The van der Waals surface area contributed by atoms with Crippen LogP contribution >= 0.6 is 15.9 Å². The smallest absolute Gasteiger partial charge is 0.264 e.